The lowest BCUT2D eigenvalue weighted by Gasteiger charge is -2.36. The van der Waals surface area contributed by atoms with Gasteiger partial charge in [-0.05, 0) is 23.7 Å². The average molecular weight is 305 g/mol. The zero-order valence-corrected chi connectivity index (χ0v) is 13.6. The second-order valence-electron chi connectivity index (χ2n) is 7.27. The van der Waals surface area contributed by atoms with E-state index in [1.54, 1.807) is 0 Å². The second-order valence-corrected chi connectivity index (χ2v) is 9.08. The molecule has 0 amide bonds. The number of carbonyl (C=O) groups is 1. The zero-order chi connectivity index (χ0) is 15.4. The number of hydrogen-bond acceptors (Lipinski definition) is 3. The minimum Gasteiger partial charge on any atom is -0.481 e. The molecule has 20 heavy (non-hydrogen) atoms. The summed E-state index contributed by atoms with van der Waals surface area (Å²) in [5.74, 6) is -0.787. The molecule has 0 aromatic carbocycles. The van der Waals surface area contributed by atoms with Crippen LogP contribution in [0, 0.1) is 10.8 Å². The molecular weight excluding hydrogens is 278 g/mol. The van der Waals surface area contributed by atoms with Crippen molar-refractivity contribution in [3.8, 4) is 0 Å². The average Bonchev–Trinajstić information content (AvgIpc) is 2.24. The lowest BCUT2D eigenvalue weighted by atomic mass is 9.72. The third-order valence-corrected chi connectivity index (χ3v) is 5.56. The van der Waals surface area contributed by atoms with Crippen molar-refractivity contribution >= 4 is 16.0 Å². The third kappa shape index (κ3) is 6.22. The van der Waals surface area contributed by atoms with Crippen LogP contribution in [0.2, 0.25) is 0 Å². The van der Waals surface area contributed by atoms with Gasteiger partial charge in [-0.1, -0.05) is 40.0 Å². The van der Waals surface area contributed by atoms with Crippen molar-refractivity contribution in [2.75, 3.05) is 12.3 Å². The van der Waals surface area contributed by atoms with Crippen molar-refractivity contribution in [3.63, 3.8) is 0 Å². The number of aliphatic carboxylic acids is 1. The van der Waals surface area contributed by atoms with Crippen LogP contribution in [0.5, 0.6) is 0 Å². The van der Waals surface area contributed by atoms with E-state index in [1.807, 2.05) is 20.8 Å². The van der Waals surface area contributed by atoms with Crippen LogP contribution >= 0.6 is 0 Å². The Morgan fingerprint density at radius 2 is 1.75 bits per heavy atom. The predicted molar refractivity (Wildman–Crippen MR) is 79.0 cm³/mol. The highest BCUT2D eigenvalue weighted by Crippen LogP contribution is 2.39. The molecule has 0 heterocycles. The van der Waals surface area contributed by atoms with Gasteiger partial charge in [0.25, 0.3) is 0 Å². The molecule has 1 aliphatic rings. The fraction of sp³-hybridized carbons (Fsp3) is 0.929. The molecule has 0 aromatic heterocycles. The minimum atomic E-state index is -3.36. The molecule has 1 saturated carbocycles. The predicted octanol–water partition coefficient (Wildman–Crippen LogP) is 2.38. The van der Waals surface area contributed by atoms with E-state index in [9.17, 15) is 13.2 Å². The molecule has 5 nitrogen and oxygen atoms in total. The van der Waals surface area contributed by atoms with Crippen LogP contribution in [0.1, 0.15) is 59.3 Å². The van der Waals surface area contributed by atoms with Crippen LogP contribution < -0.4 is 4.72 Å². The molecule has 1 rings (SSSR count). The van der Waals surface area contributed by atoms with Crippen LogP contribution in [0.25, 0.3) is 0 Å². The number of nitrogens with one attached hydrogen (secondary N) is 1. The Hall–Kier alpha value is -0.620. The van der Waals surface area contributed by atoms with Gasteiger partial charge in [-0.2, -0.15) is 0 Å². The maximum absolute atomic E-state index is 12.1. The van der Waals surface area contributed by atoms with E-state index in [0.717, 1.165) is 32.1 Å². The summed E-state index contributed by atoms with van der Waals surface area (Å²) >= 11 is 0. The molecule has 2 N–H and O–H groups in total. The van der Waals surface area contributed by atoms with Crippen LogP contribution in [-0.4, -0.2) is 31.8 Å². The normalized spacial score (nSPS) is 19.8. The zero-order valence-electron chi connectivity index (χ0n) is 12.7. The van der Waals surface area contributed by atoms with Crippen molar-refractivity contribution in [1.29, 1.82) is 0 Å². The van der Waals surface area contributed by atoms with Crippen molar-refractivity contribution in [2.45, 2.75) is 59.3 Å². The van der Waals surface area contributed by atoms with Gasteiger partial charge in [-0.15, -0.1) is 0 Å². The summed E-state index contributed by atoms with van der Waals surface area (Å²) in [4.78, 5) is 11.0. The molecular formula is C14H27NO4S. The minimum absolute atomic E-state index is 0.0467. The van der Waals surface area contributed by atoms with Gasteiger partial charge >= 0.3 is 5.97 Å². The summed E-state index contributed by atoms with van der Waals surface area (Å²) in [6, 6.07) is 0. The largest absolute Gasteiger partial charge is 0.481 e. The lowest BCUT2D eigenvalue weighted by molar-refractivity contribution is -0.140. The first-order chi connectivity index (χ1) is 9.04. The number of sulfonamides is 1. The van der Waals surface area contributed by atoms with Gasteiger partial charge in [0, 0.05) is 6.54 Å². The van der Waals surface area contributed by atoms with Crippen molar-refractivity contribution in [3.05, 3.63) is 0 Å². The molecule has 6 heteroatoms. The Kier molecular flexibility index (Phi) is 5.61. The number of carboxylic acids is 1. The molecule has 1 fully saturated rings. The molecule has 0 aromatic rings. The highest BCUT2D eigenvalue weighted by Gasteiger charge is 2.35. The van der Waals surface area contributed by atoms with E-state index in [-0.39, 0.29) is 24.1 Å². The quantitative estimate of drug-likeness (QED) is 0.789. The Balaban J connectivity index is 2.69. The molecule has 0 bridgehead atoms. The first-order valence-electron chi connectivity index (χ1n) is 7.23. The number of carboxylic acid groups (broad SMARTS) is 1. The smallest absolute Gasteiger partial charge is 0.303 e. The van der Waals surface area contributed by atoms with E-state index < -0.39 is 21.4 Å². The summed E-state index contributed by atoms with van der Waals surface area (Å²) in [6.45, 7) is 5.87. The molecule has 0 aliphatic heterocycles. The fourth-order valence-electron chi connectivity index (χ4n) is 2.92. The molecule has 0 unspecified atom stereocenters. The highest BCUT2D eigenvalue weighted by atomic mass is 32.2. The summed E-state index contributed by atoms with van der Waals surface area (Å²) in [5, 5.41) is 9.07. The Morgan fingerprint density at radius 1 is 1.20 bits per heavy atom. The molecule has 118 valence electrons. The molecule has 1 aliphatic carbocycles. The van der Waals surface area contributed by atoms with E-state index in [0.29, 0.717) is 0 Å². The Bertz CT molecular complexity index is 431. The van der Waals surface area contributed by atoms with E-state index in [2.05, 4.69) is 4.72 Å². The van der Waals surface area contributed by atoms with Crippen LogP contribution in [0.4, 0.5) is 0 Å². The summed E-state index contributed by atoms with van der Waals surface area (Å²) < 4.78 is 26.8. The second kappa shape index (κ2) is 6.43. The molecule has 0 atom stereocenters. The maximum atomic E-state index is 12.1. The first-order valence-corrected chi connectivity index (χ1v) is 8.88. The molecule has 0 saturated heterocycles. The van der Waals surface area contributed by atoms with Crippen molar-refractivity contribution in [2.24, 2.45) is 10.8 Å². The van der Waals surface area contributed by atoms with E-state index >= 15 is 0 Å². The first kappa shape index (κ1) is 17.4. The van der Waals surface area contributed by atoms with Gasteiger partial charge in [0.1, 0.15) is 0 Å². The maximum Gasteiger partial charge on any atom is 0.303 e. The topological polar surface area (TPSA) is 83.5 Å². The summed E-state index contributed by atoms with van der Waals surface area (Å²) in [7, 11) is -3.36. The van der Waals surface area contributed by atoms with Gasteiger partial charge in [-0.25, -0.2) is 13.1 Å². The van der Waals surface area contributed by atoms with Gasteiger partial charge < -0.3 is 5.11 Å². The highest BCUT2D eigenvalue weighted by molar-refractivity contribution is 7.89. The number of hydrogen-bond donors (Lipinski definition) is 2. The monoisotopic (exact) mass is 305 g/mol. The summed E-state index contributed by atoms with van der Waals surface area (Å²) in [5.41, 5.74) is -0.715. The van der Waals surface area contributed by atoms with Gasteiger partial charge in [0.2, 0.25) is 10.0 Å². The number of rotatable bonds is 6. The fourth-order valence-corrected chi connectivity index (χ4v) is 4.69. The van der Waals surface area contributed by atoms with Crippen molar-refractivity contribution in [1.82, 2.24) is 4.72 Å². The standard InChI is InChI=1S/C14H27NO4S/c1-13(2,3)11-20(18,19)15-10-14(9-12(16)17)7-5-4-6-8-14/h15H,4-11H2,1-3H3,(H,16,17). The van der Waals surface area contributed by atoms with E-state index in [4.69, 9.17) is 5.11 Å². The molecule has 0 spiro atoms. The van der Waals surface area contributed by atoms with E-state index in [1.165, 1.54) is 0 Å². The Labute approximate surface area is 122 Å². The third-order valence-electron chi connectivity index (χ3n) is 3.73. The van der Waals surface area contributed by atoms with Crippen LogP contribution in [0.3, 0.4) is 0 Å². The SMILES string of the molecule is CC(C)(C)CS(=O)(=O)NCC1(CC(=O)O)CCCCC1. The van der Waals surface area contributed by atoms with Gasteiger partial charge in [0.15, 0.2) is 0 Å². The van der Waals surface area contributed by atoms with Gasteiger partial charge in [-0.3, -0.25) is 4.79 Å². The Morgan fingerprint density at radius 3 is 2.20 bits per heavy atom. The van der Waals surface area contributed by atoms with Crippen molar-refractivity contribution < 1.29 is 18.3 Å². The van der Waals surface area contributed by atoms with Gasteiger partial charge in [0.05, 0.1) is 12.2 Å². The van der Waals surface area contributed by atoms with Crippen LogP contribution in [0.15, 0.2) is 0 Å². The lowest BCUT2D eigenvalue weighted by Crippen LogP contribution is -2.42. The van der Waals surface area contributed by atoms with Crippen LogP contribution in [-0.2, 0) is 14.8 Å². The molecule has 0 radical (unpaired) electrons. The summed E-state index contributed by atoms with van der Waals surface area (Å²) in [6.07, 6.45) is 4.69.